The Bertz CT molecular complexity index is 463. The minimum Gasteiger partial charge on any atom is -0.392 e. The number of fused-ring (bicyclic) bond motifs is 1. The summed E-state index contributed by atoms with van der Waals surface area (Å²) in [6, 6.07) is 11.9. The van der Waals surface area contributed by atoms with Gasteiger partial charge in [0.2, 0.25) is 0 Å². The molecule has 1 aromatic carbocycles. The molecule has 0 amide bonds. The Labute approximate surface area is 88.0 Å². The first kappa shape index (κ1) is 9.75. The van der Waals surface area contributed by atoms with E-state index in [0.717, 1.165) is 16.6 Å². The van der Waals surface area contributed by atoms with Gasteiger partial charge in [-0.2, -0.15) is 5.26 Å². The van der Waals surface area contributed by atoms with Crippen molar-refractivity contribution in [3.8, 4) is 6.07 Å². The van der Waals surface area contributed by atoms with E-state index in [1.807, 2.05) is 36.4 Å². The van der Waals surface area contributed by atoms with E-state index in [1.54, 1.807) is 0 Å². The standard InChI is InChI=1S/C12H12N2O/c13-6-5-11(15)8-10-7-9-3-1-2-4-12(9)14-10/h1-4,7,11,14-15H,5,8H2/t11-/m1/s1. The van der Waals surface area contributed by atoms with Crippen molar-refractivity contribution in [2.75, 3.05) is 0 Å². The van der Waals surface area contributed by atoms with Gasteiger partial charge in [0, 0.05) is 17.6 Å². The van der Waals surface area contributed by atoms with E-state index in [1.165, 1.54) is 0 Å². The van der Waals surface area contributed by atoms with Crippen LogP contribution < -0.4 is 0 Å². The Balaban J connectivity index is 2.19. The third-order valence-corrected chi connectivity index (χ3v) is 2.37. The third-order valence-electron chi connectivity index (χ3n) is 2.37. The SMILES string of the molecule is N#CC[C@@H](O)Cc1cc2ccccc2[nH]1. The van der Waals surface area contributed by atoms with Crippen molar-refractivity contribution in [2.45, 2.75) is 18.9 Å². The second-order valence-corrected chi connectivity index (χ2v) is 3.60. The van der Waals surface area contributed by atoms with Gasteiger partial charge in [0.1, 0.15) is 0 Å². The maximum absolute atomic E-state index is 9.49. The molecule has 2 N–H and O–H groups in total. The molecule has 76 valence electrons. The van der Waals surface area contributed by atoms with E-state index in [4.69, 9.17) is 5.26 Å². The lowest BCUT2D eigenvalue weighted by Crippen LogP contribution is -2.09. The smallest absolute Gasteiger partial charge is 0.0724 e. The maximum Gasteiger partial charge on any atom is 0.0724 e. The molecule has 0 fully saturated rings. The quantitative estimate of drug-likeness (QED) is 0.795. The van der Waals surface area contributed by atoms with Crippen molar-refractivity contribution in [2.24, 2.45) is 0 Å². The predicted molar refractivity (Wildman–Crippen MR) is 58.2 cm³/mol. The van der Waals surface area contributed by atoms with Crippen molar-refractivity contribution < 1.29 is 5.11 Å². The fourth-order valence-electron chi connectivity index (χ4n) is 1.67. The average molecular weight is 200 g/mol. The van der Waals surface area contributed by atoms with Gasteiger partial charge in [-0.1, -0.05) is 18.2 Å². The number of H-pyrrole nitrogens is 1. The fourth-order valence-corrected chi connectivity index (χ4v) is 1.67. The molecule has 0 saturated heterocycles. The van der Waals surface area contributed by atoms with E-state index in [9.17, 15) is 5.11 Å². The minimum absolute atomic E-state index is 0.176. The molecule has 0 aliphatic carbocycles. The number of aliphatic hydroxyl groups is 1. The fraction of sp³-hybridized carbons (Fsp3) is 0.250. The number of hydrogen-bond donors (Lipinski definition) is 2. The van der Waals surface area contributed by atoms with Gasteiger partial charge in [0.15, 0.2) is 0 Å². The van der Waals surface area contributed by atoms with Crippen molar-refractivity contribution in [1.82, 2.24) is 4.98 Å². The predicted octanol–water partition coefficient (Wildman–Crippen LogP) is 1.98. The lowest BCUT2D eigenvalue weighted by molar-refractivity contribution is 0.179. The van der Waals surface area contributed by atoms with Crippen LogP contribution in [0.5, 0.6) is 0 Å². The molecule has 0 saturated carbocycles. The second-order valence-electron chi connectivity index (χ2n) is 3.60. The van der Waals surface area contributed by atoms with Crippen molar-refractivity contribution in [1.29, 1.82) is 5.26 Å². The van der Waals surface area contributed by atoms with Crippen LogP contribution >= 0.6 is 0 Å². The zero-order valence-electron chi connectivity index (χ0n) is 8.27. The molecule has 0 aliphatic rings. The summed E-state index contributed by atoms with van der Waals surface area (Å²) in [5.41, 5.74) is 2.04. The maximum atomic E-state index is 9.49. The number of nitrogens with zero attached hydrogens (tertiary/aromatic N) is 1. The number of benzene rings is 1. The van der Waals surface area contributed by atoms with E-state index in [-0.39, 0.29) is 6.42 Å². The Kier molecular flexibility index (Phi) is 2.70. The van der Waals surface area contributed by atoms with Gasteiger partial charge in [-0.05, 0) is 17.5 Å². The van der Waals surface area contributed by atoms with E-state index in [0.29, 0.717) is 6.42 Å². The summed E-state index contributed by atoms with van der Waals surface area (Å²) in [4.78, 5) is 3.22. The summed E-state index contributed by atoms with van der Waals surface area (Å²) >= 11 is 0. The molecule has 1 atom stereocenters. The van der Waals surface area contributed by atoms with Gasteiger partial charge in [0.05, 0.1) is 18.6 Å². The van der Waals surface area contributed by atoms with Gasteiger partial charge >= 0.3 is 0 Å². The first-order chi connectivity index (χ1) is 7.29. The van der Waals surface area contributed by atoms with Gasteiger partial charge in [-0.25, -0.2) is 0 Å². The van der Waals surface area contributed by atoms with Crippen LogP contribution in [-0.2, 0) is 6.42 Å². The van der Waals surface area contributed by atoms with Gasteiger partial charge < -0.3 is 10.1 Å². The van der Waals surface area contributed by atoms with Crippen LogP contribution in [0.3, 0.4) is 0 Å². The van der Waals surface area contributed by atoms with Crippen LogP contribution in [0.15, 0.2) is 30.3 Å². The highest BCUT2D eigenvalue weighted by Crippen LogP contribution is 2.16. The largest absolute Gasteiger partial charge is 0.392 e. The van der Waals surface area contributed by atoms with Crippen molar-refractivity contribution in [3.05, 3.63) is 36.0 Å². The molecule has 1 heterocycles. The highest BCUT2D eigenvalue weighted by atomic mass is 16.3. The van der Waals surface area contributed by atoms with Crippen molar-refractivity contribution in [3.63, 3.8) is 0 Å². The van der Waals surface area contributed by atoms with Crippen LogP contribution in [0.1, 0.15) is 12.1 Å². The van der Waals surface area contributed by atoms with Crippen LogP contribution in [0.4, 0.5) is 0 Å². The molecular formula is C12H12N2O. The average Bonchev–Trinajstić information content (AvgIpc) is 2.59. The highest BCUT2D eigenvalue weighted by molar-refractivity contribution is 5.80. The first-order valence-corrected chi connectivity index (χ1v) is 4.91. The Morgan fingerprint density at radius 3 is 2.93 bits per heavy atom. The number of nitrogens with one attached hydrogen (secondary N) is 1. The minimum atomic E-state index is -0.580. The van der Waals surface area contributed by atoms with Gasteiger partial charge in [-0.3, -0.25) is 0 Å². The molecule has 3 heteroatoms. The summed E-state index contributed by atoms with van der Waals surface area (Å²) in [5, 5.41) is 19.1. The Morgan fingerprint density at radius 1 is 1.40 bits per heavy atom. The zero-order valence-corrected chi connectivity index (χ0v) is 8.27. The summed E-state index contributed by atoms with van der Waals surface area (Å²) in [7, 11) is 0. The number of rotatable bonds is 3. The van der Waals surface area contributed by atoms with Gasteiger partial charge in [0.25, 0.3) is 0 Å². The van der Waals surface area contributed by atoms with Crippen molar-refractivity contribution >= 4 is 10.9 Å². The summed E-state index contributed by atoms with van der Waals surface area (Å²) in [6.07, 6.45) is 0.0977. The van der Waals surface area contributed by atoms with Crippen LogP contribution in [0.2, 0.25) is 0 Å². The van der Waals surface area contributed by atoms with E-state index >= 15 is 0 Å². The molecule has 15 heavy (non-hydrogen) atoms. The highest BCUT2D eigenvalue weighted by Gasteiger charge is 2.07. The monoisotopic (exact) mass is 200 g/mol. The van der Waals surface area contributed by atoms with Crippen LogP contribution in [0, 0.1) is 11.3 Å². The molecule has 0 aliphatic heterocycles. The second kappa shape index (κ2) is 4.16. The third kappa shape index (κ3) is 2.17. The molecule has 0 unspecified atom stereocenters. The summed E-state index contributed by atoms with van der Waals surface area (Å²) in [6.45, 7) is 0. The topological polar surface area (TPSA) is 59.8 Å². The number of aliphatic hydroxyl groups excluding tert-OH is 1. The van der Waals surface area contributed by atoms with Crippen LogP contribution in [0.25, 0.3) is 10.9 Å². The lowest BCUT2D eigenvalue weighted by atomic mass is 10.1. The number of aromatic nitrogens is 1. The number of para-hydroxylation sites is 1. The molecule has 2 rings (SSSR count). The molecule has 3 nitrogen and oxygen atoms in total. The number of aromatic amines is 1. The first-order valence-electron chi connectivity index (χ1n) is 4.91. The molecule has 2 aromatic rings. The summed E-state index contributed by atoms with van der Waals surface area (Å²) < 4.78 is 0. The Hall–Kier alpha value is -1.79. The number of hydrogen-bond acceptors (Lipinski definition) is 2. The van der Waals surface area contributed by atoms with Crippen LogP contribution in [-0.4, -0.2) is 16.2 Å². The van der Waals surface area contributed by atoms with E-state index in [2.05, 4.69) is 4.98 Å². The molecule has 0 bridgehead atoms. The molecular weight excluding hydrogens is 188 g/mol. The number of nitriles is 1. The summed E-state index contributed by atoms with van der Waals surface area (Å²) in [5.74, 6) is 0. The van der Waals surface area contributed by atoms with E-state index < -0.39 is 6.10 Å². The Morgan fingerprint density at radius 2 is 2.20 bits per heavy atom. The normalized spacial score (nSPS) is 12.5. The van der Waals surface area contributed by atoms with Gasteiger partial charge in [-0.15, -0.1) is 0 Å². The molecule has 0 spiro atoms. The lowest BCUT2D eigenvalue weighted by Gasteiger charge is -2.02. The molecule has 1 aromatic heterocycles. The molecule has 0 radical (unpaired) electrons. The zero-order chi connectivity index (χ0) is 10.7.